The number of carbonyl (C=O) groups excluding carboxylic acids is 2. The van der Waals surface area contributed by atoms with Crippen LogP contribution in [0.4, 0.5) is 10.1 Å². The first-order valence-corrected chi connectivity index (χ1v) is 10.6. The van der Waals surface area contributed by atoms with Crippen LogP contribution in [-0.2, 0) is 9.59 Å². The van der Waals surface area contributed by atoms with Gasteiger partial charge in [0.05, 0.1) is 24.3 Å². The molecule has 3 aromatic rings. The van der Waals surface area contributed by atoms with Crippen LogP contribution in [0.2, 0.25) is 10.0 Å². The molecule has 0 aromatic heterocycles. The van der Waals surface area contributed by atoms with Crippen LogP contribution in [0.25, 0.3) is 5.76 Å². The fourth-order valence-corrected chi connectivity index (χ4v) is 4.46. The Hall–Kier alpha value is -3.35. The summed E-state index contributed by atoms with van der Waals surface area (Å²) in [6.07, 6.45) is 0. The lowest BCUT2D eigenvalue weighted by atomic mass is 9.94. The number of aryl methyl sites for hydroxylation is 1. The summed E-state index contributed by atoms with van der Waals surface area (Å²) < 4.78 is 19.3. The highest BCUT2D eigenvalue weighted by Crippen LogP contribution is 2.44. The summed E-state index contributed by atoms with van der Waals surface area (Å²) in [5.74, 6) is -2.85. The van der Waals surface area contributed by atoms with Gasteiger partial charge in [-0.2, -0.15) is 0 Å². The van der Waals surface area contributed by atoms with Crippen molar-refractivity contribution in [2.45, 2.75) is 13.0 Å². The van der Waals surface area contributed by atoms with Crippen LogP contribution in [0.5, 0.6) is 5.75 Å². The van der Waals surface area contributed by atoms with Crippen LogP contribution in [0, 0.1) is 12.7 Å². The minimum absolute atomic E-state index is 0.0442. The number of Topliss-reactive ketones (excluding diaryl/α,β-unsaturated/α-hetero) is 1. The van der Waals surface area contributed by atoms with Gasteiger partial charge >= 0.3 is 0 Å². The number of nitrogens with zero attached hydrogens (tertiary/aromatic N) is 1. The summed E-state index contributed by atoms with van der Waals surface area (Å²) in [5.41, 5.74) is 1.49. The Morgan fingerprint density at radius 2 is 1.73 bits per heavy atom. The zero-order chi connectivity index (χ0) is 23.9. The Balaban J connectivity index is 2.02. The predicted octanol–water partition coefficient (Wildman–Crippen LogP) is 6.08. The summed E-state index contributed by atoms with van der Waals surface area (Å²) >= 11 is 12.3. The first kappa shape index (κ1) is 22.8. The Morgan fingerprint density at radius 1 is 1.03 bits per heavy atom. The third-order valence-electron chi connectivity index (χ3n) is 5.34. The Morgan fingerprint density at radius 3 is 2.36 bits per heavy atom. The molecule has 0 spiro atoms. The predicted molar refractivity (Wildman–Crippen MR) is 125 cm³/mol. The van der Waals surface area contributed by atoms with Gasteiger partial charge in [-0.15, -0.1) is 0 Å². The number of carbonyl (C=O) groups is 2. The Bertz CT molecular complexity index is 1300. The van der Waals surface area contributed by atoms with E-state index in [9.17, 15) is 19.1 Å². The number of anilines is 1. The molecule has 1 heterocycles. The van der Waals surface area contributed by atoms with E-state index in [0.29, 0.717) is 5.56 Å². The zero-order valence-electron chi connectivity index (χ0n) is 17.6. The molecule has 1 atom stereocenters. The molecule has 168 valence electrons. The summed E-state index contributed by atoms with van der Waals surface area (Å²) in [7, 11) is 1.36. The van der Waals surface area contributed by atoms with E-state index in [1.165, 1.54) is 42.3 Å². The highest BCUT2D eigenvalue weighted by Gasteiger charge is 2.47. The van der Waals surface area contributed by atoms with Crippen LogP contribution >= 0.6 is 23.2 Å². The van der Waals surface area contributed by atoms with Crippen molar-refractivity contribution in [2.75, 3.05) is 12.0 Å². The van der Waals surface area contributed by atoms with Crippen molar-refractivity contribution in [3.63, 3.8) is 0 Å². The molecule has 1 N–H and O–H groups in total. The summed E-state index contributed by atoms with van der Waals surface area (Å²) in [6.45, 7) is 1.86. The molecule has 4 rings (SSSR count). The van der Waals surface area contributed by atoms with E-state index in [4.69, 9.17) is 27.9 Å². The number of methoxy groups -OCH3 is 1. The molecule has 5 nitrogen and oxygen atoms in total. The molecule has 3 aromatic carbocycles. The normalized spacial score (nSPS) is 17.5. The number of hydrogen-bond donors (Lipinski definition) is 1. The smallest absolute Gasteiger partial charge is 0.300 e. The number of rotatable bonds is 4. The highest BCUT2D eigenvalue weighted by atomic mass is 35.5. The summed E-state index contributed by atoms with van der Waals surface area (Å²) in [6, 6.07) is 14.2. The first-order valence-electron chi connectivity index (χ1n) is 9.89. The third kappa shape index (κ3) is 4.19. The lowest BCUT2D eigenvalue weighted by Gasteiger charge is -2.26. The van der Waals surface area contributed by atoms with Crippen molar-refractivity contribution in [3.8, 4) is 5.75 Å². The second-order valence-electron chi connectivity index (χ2n) is 7.56. The van der Waals surface area contributed by atoms with E-state index in [1.54, 1.807) is 18.2 Å². The van der Waals surface area contributed by atoms with Crippen molar-refractivity contribution in [2.24, 2.45) is 0 Å². The molecule has 1 unspecified atom stereocenters. The standard InChI is InChI=1S/C25H18Cl2FNO4/c1-13-4-3-5-14(8-13)22-21(23(30)19-12-17(28)6-7-20(19)33-2)24(31)25(32)29(22)18-10-15(26)9-16(27)11-18/h3-12,22,30H,1-2H3/b23-21+. The van der Waals surface area contributed by atoms with Crippen LogP contribution in [0.1, 0.15) is 22.7 Å². The molecule has 0 saturated carbocycles. The summed E-state index contributed by atoms with van der Waals surface area (Å²) in [5, 5.41) is 11.7. The summed E-state index contributed by atoms with van der Waals surface area (Å²) in [4.78, 5) is 27.6. The molecule has 1 aliphatic heterocycles. The van der Waals surface area contributed by atoms with E-state index in [0.717, 1.165) is 11.6 Å². The molecular formula is C25H18Cl2FNO4. The van der Waals surface area contributed by atoms with Crippen molar-refractivity contribution in [3.05, 3.63) is 98.8 Å². The fourth-order valence-electron chi connectivity index (χ4n) is 3.94. The average molecular weight is 486 g/mol. The van der Waals surface area contributed by atoms with E-state index < -0.39 is 29.3 Å². The molecule has 1 fully saturated rings. The van der Waals surface area contributed by atoms with E-state index in [1.807, 2.05) is 13.0 Å². The Labute approximate surface area is 199 Å². The zero-order valence-corrected chi connectivity index (χ0v) is 19.1. The van der Waals surface area contributed by atoms with Crippen molar-refractivity contribution < 1.29 is 23.8 Å². The number of ether oxygens (including phenoxy) is 1. The number of amides is 1. The number of aliphatic hydroxyl groups is 1. The van der Waals surface area contributed by atoms with Gasteiger partial charge in [-0.3, -0.25) is 14.5 Å². The number of ketones is 1. The van der Waals surface area contributed by atoms with Gasteiger partial charge in [-0.25, -0.2) is 4.39 Å². The minimum atomic E-state index is -1.01. The number of halogens is 3. The number of benzene rings is 3. The van der Waals surface area contributed by atoms with Crippen LogP contribution in [0.3, 0.4) is 0 Å². The van der Waals surface area contributed by atoms with Crippen molar-refractivity contribution in [1.29, 1.82) is 0 Å². The maximum Gasteiger partial charge on any atom is 0.300 e. The Kier molecular flexibility index (Phi) is 6.15. The van der Waals surface area contributed by atoms with Gasteiger partial charge in [0.25, 0.3) is 11.7 Å². The maximum atomic E-state index is 14.0. The van der Waals surface area contributed by atoms with Crippen LogP contribution in [0.15, 0.2) is 66.2 Å². The molecule has 1 aliphatic rings. The molecule has 0 bridgehead atoms. The third-order valence-corrected chi connectivity index (χ3v) is 5.78. The number of hydrogen-bond acceptors (Lipinski definition) is 4. The fraction of sp³-hybridized carbons (Fsp3) is 0.120. The van der Waals surface area contributed by atoms with Crippen LogP contribution < -0.4 is 9.64 Å². The second-order valence-corrected chi connectivity index (χ2v) is 8.43. The van der Waals surface area contributed by atoms with Gasteiger partial charge in [-0.05, 0) is 48.9 Å². The largest absolute Gasteiger partial charge is 0.507 e. The molecular weight excluding hydrogens is 468 g/mol. The van der Waals surface area contributed by atoms with E-state index >= 15 is 0 Å². The lowest BCUT2D eigenvalue weighted by molar-refractivity contribution is -0.132. The van der Waals surface area contributed by atoms with Gasteiger partial charge < -0.3 is 9.84 Å². The van der Waals surface area contributed by atoms with Crippen molar-refractivity contribution >= 4 is 46.3 Å². The minimum Gasteiger partial charge on any atom is -0.507 e. The topological polar surface area (TPSA) is 66.8 Å². The molecule has 0 radical (unpaired) electrons. The molecule has 1 saturated heterocycles. The van der Waals surface area contributed by atoms with Gasteiger partial charge in [0.2, 0.25) is 0 Å². The maximum absolute atomic E-state index is 14.0. The highest BCUT2D eigenvalue weighted by molar-refractivity contribution is 6.52. The molecule has 0 aliphatic carbocycles. The quantitative estimate of drug-likeness (QED) is 0.276. The van der Waals surface area contributed by atoms with Gasteiger partial charge in [0, 0.05) is 15.7 Å². The van der Waals surface area contributed by atoms with Gasteiger partial charge in [0.15, 0.2) is 0 Å². The molecule has 1 amide bonds. The van der Waals surface area contributed by atoms with Crippen LogP contribution in [-0.4, -0.2) is 23.9 Å². The number of aliphatic hydroxyl groups excluding tert-OH is 1. The molecule has 8 heteroatoms. The van der Waals surface area contributed by atoms with E-state index in [-0.39, 0.29) is 32.6 Å². The SMILES string of the molecule is COc1ccc(F)cc1/C(O)=C1\C(=O)C(=O)N(c2cc(Cl)cc(Cl)c2)C1c1cccc(C)c1. The average Bonchev–Trinajstić information content (AvgIpc) is 3.03. The lowest BCUT2D eigenvalue weighted by Crippen LogP contribution is -2.29. The second kappa shape index (κ2) is 8.89. The molecule has 33 heavy (non-hydrogen) atoms. The monoisotopic (exact) mass is 485 g/mol. The van der Waals surface area contributed by atoms with E-state index in [2.05, 4.69) is 0 Å². The van der Waals surface area contributed by atoms with Gasteiger partial charge in [0.1, 0.15) is 17.3 Å². The first-order chi connectivity index (χ1) is 15.7. The van der Waals surface area contributed by atoms with Crippen molar-refractivity contribution in [1.82, 2.24) is 0 Å². The van der Waals surface area contributed by atoms with Gasteiger partial charge in [-0.1, -0.05) is 53.0 Å².